The van der Waals surface area contributed by atoms with E-state index >= 15 is 0 Å². The summed E-state index contributed by atoms with van der Waals surface area (Å²) in [5.74, 6) is -0.925. The van der Waals surface area contributed by atoms with Crippen molar-refractivity contribution in [1.82, 2.24) is 0 Å². The Morgan fingerprint density at radius 3 is 1.12 bits per heavy atom. The monoisotopic (exact) mass is 719 g/mol. The molecule has 0 fully saturated rings. The van der Waals surface area contributed by atoms with Gasteiger partial charge in [0.25, 0.3) is 0 Å². The van der Waals surface area contributed by atoms with Gasteiger partial charge < -0.3 is 14.2 Å². The van der Waals surface area contributed by atoms with Crippen molar-refractivity contribution in [1.29, 1.82) is 0 Å². The molecule has 0 aliphatic carbocycles. The molecule has 0 aromatic heterocycles. The minimum Gasteiger partial charge on any atom is -0.462 e. The van der Waals surface area contributed by atoms with E-state index in [1.807, 2.05) is 0 Å². The first-order valence-electron chi connectivity index (χ1n) is 21.8. The van der Waals surface area contributed by atoms with Gasteiger partial charge in [0.1, 0.15) is 13.2 Å². The van der Waals surface area contributed by atoms with Gasteiger partial charge in [-0.3, -0.25) is 14.4 Å². The molecule has 0 heterocycles. The first-order chi connectivity index (χ1) is 25.0. The second kappa shape index (κ2) is 40.7. The van der Waals surface area contributed by atoms with Gasteiger partial charge in [-0.2, -0.15) is 0 Å². The summed E-state index contributed by atoms with van der Waals surface area (Å²) in [7, 11) is 0. The molecule has 0 aliphatic heterocycles. The molecular weight excluding hydrogens is 636 g/mol. The molecule has 6 nitrogen and oxygen atoms in total. The molecule has 0 amide bonds. The number of rotatable bonds is 39. The average molecular weight is 719 g/mol. The van der Waals surface area contributed by atoms with Crippen LogP contribution in [0.15, 0.2) is 24.3 Å². The fraction of sp³-hybridized carbons (Fsp3) is 0.844. The number of unbranched alkanes of at least 4 members (excludes halogenated alkanes) is 24. The van der Waals surface area contributed by atoms with Gasteiger partial charge in [-0.05, 0) is 64.2 Å². The lowest BCUT2D eigenvalue weighted by atomic mass is 10.0. The van der Waals surface area contributed by atoms with E-state index in [0.29, 0.717) is 19.3 Å². The Labute approximate surface area is 315 Å². The lowest BCUT2D eigenvalue weighted by molar-refractivity contribution is -0.167. The molecule has 0 rings (SSSR count). The molecule has 0 N–H and O–H groups in total. The van der Waals surface area contributed by atoms with Gasteiger partial charge in [-0.1, -0.05) is 167 Å². The molecule has 0 aliphatic rings. The van der Waals surface area contributed by atoms with Crippen molar-refractivity contribution in [3.05, 3.63) is 24.3 Å². The number of carbonyl (C=O) groups is 3. The van der Waals surface area contributed by atoms with E-state index < -0.39 is 6.10 Å². The highest BCUT2D eigenvalue weighted by Crippen LogP contribution is 2.14. The van der Waals surface area contributed by atoms with Gasteiger partial charge in [0.15, 0.2) is 6.10 Å². The quantitative estimate of drug-likeness (QED) is 0.0272. The summed E-state index contributed by atoms with van der Waals surface area (Å²) in [6.45, 7) is 6.53. The summed E-state index contributed by atoms with van der Waals surface area (Å²) in [6.07, 6.45) is 43.1. The third kappa shape index (κ3) is 38.9. The molecule has 6 heteroatoms. The largest absolute Gasteiger partial charge is 0.462 e. The normalized spacial score (nSPS) is 12.1. The molecule has 1 atom stereocenters. The molecule has 0 aromatic carbocycles. The van der Waals surface area contributed by atoms with Crippen LogP contribution in [0.2, 0.25) is 0 Å². The zero-order valence-electron chi connectivity index (χ0n) is 33.9. The van der Waals surface area contributed by atoms with Crippen molar-refractivity contribution in [2.45, 2.75) is 232 Å². The SMILES string of the molecule is CCCCC/C=C\CCCCCCCC(=O)OCC(COC(=O)CCC/C=C\CCCCCC)OC(=O)CCCCCCCCCCCCCC. The smallest absolute Gasteiger partial charge is 0.306 e. The number of hydrogen-bond acceptors (Lipinski definition) is 6. The second-order valence-electron chi connectivity index (χ2n) is 14.6. The highest BCUT2D eigenvalue weighted by atomic mass is 16.6. The maximum absolute atomic E-state index is 12.7. The highest BCUT2D eigenvalue weighted by Gasteiger charge is 2.19. The van der Waals surface area contributed by atoms with E-state index in [1.165, 1.54) is 122 Å². The number of allylic oxidation sites excluding steroid dienone is 4. The third-order valence-corrected chi connectivity index (χ3v) is 9.43. The molecule has 0 saturated carbocycles. The Kier molecular flexibility index (Phi) is 39.0. The number of hydrogen-bond donors (Lipinski definition) is 0. The average Bonchev–Trinajstić information content (AvgIpc) is 3.12. The lowest BCUT2D eigenvalue weighted by Crippen LogP contribution is -2.30. The summed E-state index contributed by atoms with van der Waals surface area (Å²) in [4.78, 5) is 37.5. The van der Waals surface area contributed by atoms with Crippen LogP contribution in [0.25, 0.3) is 0 Å². The Hall–Kier alpha value is -2.11. The summed E-state index contributed by atoms with van der Waals surface area (Å²) >= 11 is 0. The summed E-state index contributed by atoms with van der Waals surface area (Å²) in [6, 6.07) is 0. The van der Waals surface area contributed by atoms with Crippen LogP contribution in [-0.2, 0) is 28.6 Å². The topological polar surface area (TPSA) is 78.9 Å². The Morgan fingerprint density at radius 1 is 0.373 bits per heavy atom. The molecule has 298 valence electrons. The maximum Gasteiger partial charge on any atom is 0.306 e. The van der Waals surface area contributed by atoms with Gasteiger partial charge in [-0.15, -0.1) is 0 Å². The van der Waals surface area contributed by atoms with E-state index in [1.54, 1.807) is 0 Å². The van der Waals surface area contributed by atoms with E-state index in [4.69, 9.17) is 14.2 Å². The van der Waals surface area contributed by atoms with Crippen LogP contribution >= 0.6 is 0 Å². The minimum atomic E-state index is -0.777. The van der Waals surface area contributed by atoms with Crippen LogP contribution in [-0.4, -0.2) is 37.2 Å². The Bertz CT molecular complexity index is 835. The Balaban J connectivity index is 4.38. The first-order valence-corrected chi connectivity index (χ1v) is 21.8. The van der Waals surface area contributed by atoms with Crippen LogP contribution in [0.4, 0.5) is 0 Å². The van der Waals surface area contributed by atoms with E-state index in [9.17, 15) is 14.4 Å². The minimum absolute atomic E-state index is 0.0817. The van der Waals surface area contributed by atoms with Crippen LogP contribution in [0, 0.1) is 0 Å². The molecule has 0 spiro atoms. The molecule has 51 heavy (non-hydrogen) atoms. The Morgan fingerprint density at radius 2 is 0.667 bits per heavy atom. The van der Waals surface area contributed by atoms with Gasteiger partial charge >= 0.3 is 17.9 Å². The molecule has 0 bridgehead atoms. The van der Waals surface area contributed by atoms with Crippen LogP contribution in [0.5, 0.6) is 0 Å². The van der Waals surface area contributed by atoms with Crippen molar-refractivity contribution in [2.75, 3.05) is 13.2 Å². The van der Waals surface area contributed by atoms with Gasteiger partial charge in [0.2, 0.25) is 0 Å². The number of carbonyl (C=O) groups excluding carboxylic acids is 3. The summed E-state index contributed by atoms with van der Waals surface area (Å²) in [5, 5.41) is 0. The van der Waals surface area contributed by atoms with Gasteiger partial charge in [0.05, 0.1) is 0 Å². The van der Waals surface area contributed by atoms with Crippen molar-refractivity contribution < 1.29 is 28.6 Å². The van der Waals surface area contributed by atoms with Crippen molar-refractivity contribution in [3.63, 3.8) is 0 Å². The molecule has 0 aromatic rings. The predicted octanol–water partition coefficient (Wildman–Crippen LogP) is 13.6. The summed E-state index contributed by atoms with van der Waals surface area (Å²) in [5.41, 5.74) is 0. The fourth-order valence-corrected chi connectivity index (χ4v) is 6.09. The molecule has 0 saturated heterocycles. The zero-order chi connectivity index (χ0) is 37.3. The van der Waals surface area contributed by atoms with Crippen molar-refractivity contribution in [2.24, 2.45) is 0 Å². The molecule has 1 unspecified atom stereocenters. The molecule has 0 radical (unpaired) electrons. The lowest BCUT2D eigenvalue weighted by Gasteiger charge is -2.18. The van der Waals surface area contributed by atoms with E-state index in [2.05, 4.69) is 45.1 Å². The predicted molar refractivity (Wildman–Crippen MR) is 215 cm³/mol. The standard InChI is InChI=1S/C45H82O6/c1-4-7-10-13-16-19-21-23-26-29-32-35-38-44(47)50-41-42(40-49-43(46)37-34-31-28-25-18-15-12-9-6-3)51-45(48)39-36-33-30-27-24-22-20-17-14-11-8-5-2/h16,19,25,28,42H,4-15,17-18,20-24,26-27,29-41H2,1-3H3/b19-16-,28-25-. The van der Waals surface area contributed by atoms with E-state index in [0.717, 1.165) is 64.2 Å². The molecular formula is C45H82O6. The number of ether oxygens (including phenoxy) is 3. The van der Waals surface area contributed by atoms with Crippen LogP contribution in [0.1, 0.15) is 226 Å². The van der Waals surface area contributed by atoms with Crippen LogP contribution in [0.3, 0.4) is 0 Å². The van der Waals surface area contributed by atoms with Crippen LogP contribution < -0.4 is 0 Å². The highest BCUT2D eigenvalue weighted by molar-refractivity contribution is 5.71. The van der Waals surface area contributed by atoms with E-state index in [-0.39, 0.29) is 31.1 Å². The van der Waals surface area contributed by atoms with Gasteiger partial charge in [0, 0.05) is 19.3 Å². The summed E-state index contributed by atoms with van der Waals surface area (Å²) < 4.78 is 16.6. The van der Waals surface area contributed by atoms with Crippen molar-refractivity contribution >= 4 is 17.9 Å². The third-order valence-electron chi connectivity index (χ3n) is 9.43. The maximum atomic E-state index is 12.7. The zero-order valence-corrected chi connectivity index (χ0v) is 33.9. The number of esters is 3. The van der Waals surface area contributed by atoms with Crippen molar-refractivity contribution in [3.8, 4) is 0 Å². The second-order valence-corrected chi connectivity index (χ2v) is 14.6. The van der Waals surface area contributed by atoms with Gasteiger partial charge in [-0.25, -0.2) is 0 Å². The first kappa shape index (κ1) is 48.9. The fourth-order valence-electron chi connectivity index (χ4n) is 6.09.